The van der Waals surface area contributed by atoms with E-state index in [4.69, 9.17) is 0 Å². The Morgan fingerprint density at radius 1 is 1.00 bits per heavy atom. The molecule has 0 aliphatic carbocycles. The summed E-state index contributed by atoms with van der Waals surface area (Å²) in [5.41, 5.74) is 1.17. The van der Waals surface area contributed by atoms with E-state index in [1.807, 2.05) is 48.8 Å². The number of hydrogen-bond donors (Lipinski definition) is 0. The molecular formula is C12H11N2+. The largest absolute Gasteiger partial charge is 0.202 e. The van der Waals surface area contributed by atoms with Crippen LogP contribution in [0.4, 0.5) is 0 Å². The Hall–Kier alpha value is -1.96. The highest BCUT2D eigenvalue weighted by Crippen LogP contribution is 1.99. The first kappa shape index (κ1) is 8.63. The van der Waals surface area contributed by atoms with E-state index in [1.54, 1.807) is 10.9 Å². The van der Waals surface area contributed by atoms with Crippen LogP contribution in [0.3, 0.4) is 0 Å². The zero-order valence-electron chi connectivity index (χ0n) is 7.75. The average molecular weight is 183 g/mol. The lowest BCUT2D eigenvalue weighted by molar-refractivity contribution is -0.633. The van der Waals surface area contributed by atoms with Gasteiger partial charge < -0.3 is 0 Å². The first-order chi connectivity index (χ1) is 6.95. The van der Waals surface area contributed by atoms with Crippen molar-refractivity contribution in [2.24, 2.45) is 0 Å². The van der Waals surface area contributed by atoms with Crippen LogP contribution in [0.15, 0.2) is 54.9 Å². The molecule has 1 heterocycles. The van der Waals surface area contributed by atoms with E-state index in [1.165, 1.54) is 5.56 Å². The molecule has 1 aromatic carbocycles. The van der Waals surface area contributed by atoms with Crippen LogP contribution in [0.5, 0.6) is 0 Å². The molecule has 0 aliphatic heterocycles. The maximum atomic E-state index is 4.12. The molecular weight excluding hydrogens is 172 g/mol. The normalized spacial score (nSPS) is 10.6. The van der Waals surface area contributed by atoms with E-state index in [0.29, 0.717) is 0 Å². The molecule has 0 unspecified atom stereocenters. The fraction of sp³-hybridized carbons (Fsp3) is 0. The Morgan fingerprint density at radius 3 is 2.57 bits per heavy atom. The maximum Gasteiger partial charge on any atom is 0.202 e. The molecule has 2 aromatic rings. The molecule has 2 rings (SSSR count). The van der Waals surface area contributed by atoms with Crippen molar-refractivity contribution in [1.82, 2.24) is 5.10 Å². The Kier molecular flexibility index (Phi) is 2.67. The molecule has 2 heteroatoms. The van der Waals surface area contributed by atoms with Gasteiger partial charge in [0.2, 0.25) is 12.4 Å². The van der Waals surface area contributed by atoms with Crippen LogP contribution in [0.2, 0.25) is 0 Å². The van der Waals surface area contributed by atoms with Crippen LogP contribution in [-0.2, 0) is 0 Å². The van der Waals surface area contributed by atoms with Crippen LogP contribution in [0, 0.1) is 0 Å². The van der Waals surface area contributed by atoms with Gasteiger partial charge in [0.25, 0.3) is 0 Å². The molecule has 68 valence electrons. The molecule has 0 radical (unpaired) electrons. The predicted octanol–water partition coefficient (Wildman–Crippen LogP) is 2.00. The summed E-state index contributed by atoms with van der Waals surface area (Å²) in [4.78, 5) is 0. The van der Waals surface area contributed by atoms with Crippen LogP contribution in [0.25, 0.3) is 12.3 Å². The fourth-order valence-electron chi connectivity index (χ4n) is 1.16. The second-order valence-corrected chi connectivity index (χ2v) is 2.90. The third-order valence-corrected chi connectivity index (χ3v) is 1.86. The lowest BCUT2D eigenvalue weighted by atomic mass is 10.2. The molecule has 0 N–H and O–H groups in total. The summed E-state index contributed by atoms with van der Waals surface area (Å²) < 4.78 is 1.77. The van der Waals surface area contributed by atoms with Gasteiger partial charge in [0.05, 0.1) is 6.20 Å². The van der Waals surface area contributed by atoms with Gasteiger partial charge in [-0.3, -0.25) is 0 Å². The fourth-order valence-corrected chi connectivity index (χ4v) is 1.16. The molecule has 0 amide bonds. The van der Waals surface area contributed by atoms with Gasteiger partial charge in [-0.05, 0) is 16.7 Å². The lowest BCUT2D eigenvalue weighted by Gasteiger charge is -1.87. The predicted molar refractivity (Wildman–Crippen MR) is 56.1 cm³/mol. The monoisotopic (exact) mass is 183 g/mol. The highest BCUT2D eigenvalue weighted by atomic mass is 15.2. The highest BCUT2D eigenvalue weighted by Gasteiger charge is 1.91. The van der Waals surface area contributed by atoms with Crippen molar-refractivity contribution in [1.29, 1.82) is 0 Å². The Bertz CT molecular complexity index is 365. The van der Waals surface area contributed by atoms with Gasteiger partial charge in [-0.15, -0.1) is 0 Å². The molecule has 0 bridgehead atoms. The summed E-state index contributed by atoms with van der Waals surface area (Å²) in [6, 6.07) is 14.0. The summed E-state index contributed by atoms with van der Waals surface area (Å²) in [5.74, 6) is 0. The smallest absolute Gasteiger partial charge is 0.0622 e. The van der Waals surface area contributed by atoms with Gasteiger partial charge in [0, 0.05) is 12.1 Å². The third kappa shape index (κ3) is 2.26. The minimum atomic E-state index is 1.17. The van der Waals surface area contributed by atoms with Gasteiger partial charge in [0.1, 0.15) is 0 Å². The van der Waals surface area contributed by atoms with E-state index < -0.39 is 0 Å². The van der Waals surface area contributed by atoms with Crippen molar-refractivity contribution in [3.05, 3.63) is 60.4 Å². The lowest BCUT2D eigenvalue weighted by Crippen LogP contribution is -2.29. The number of hydrogen-bond acceptors (Lipinski definition) is 1. The van der Waals surface area contributed by atoms with E-state index in [2.05, 4.69) is 17.2 Å². The van der Waals surface area contributed by atoms with Crippen molar-refractivity contribution in [3.63, 3.8) is 0 Å². The average Bonchev–Trinajstić information content (AvgIpc) is 2.29. The van der Waals surface area contributed by atoms with Crippen molar-refractivity contribution in [2.75, 3.05) is 0 Å². The minimum absolute atomic E-state index is 1.17. The second-order valence-electron chi connectivity index (χ2n) is 2.90. The van der Waals surface area contributed by atoms with E-state index in [9.17, 15) is 0 Å². The molecule has 0 atom stereocenters. The minimum Gasteiger partial charge on any atom is -0.0622 e. The molecule has 0 saturated carbocycles. The van der Waals surface area contributed by atoms with Crippen LogP contribution in [0.1, 0.15) is 5.56 Å². The summed E-state index contributed by atoms with van der Waals surface area (Å²) in [6.07, 6.45) is 7.61. The SMILES string of the molecule is C(=C[n+]1ccccn1)c1ccccc1. The van der Waals surface area contributed by atoms with Crippen molar-refractivity contribution in [3.8, 4) is 0 Å². The van der Waals surface area contributed by atoms with Gasteiger partial charge >= 0.3 is 0 Å². The maximum absolute atomic E-state index is 4.12. The summed E-state index contributed by atoms with van der Waals surface area (Å²) in [6.45, 7) is 0. The zero-order valence-corrected chi connectivity index (χ0v) is 7.75. The molecule has 0 aliphatic rings. The van der Waals surface area contributed by atoms with Crippen LogP contribution < -0.4 is 4.68 Å². The second kappa shape index (κ2) is 4.33. The molecule has 0 saturated heterocycles. The Balaban J connectivity index is 2.16. The first-order valence-electron chi connectivity index (χ1n) is 4.51. The Labute approximate surface area is 83.1 Å². The molecule has 2 nitrogen and oxygen atoms in total. The summed E-state index contributed by atoms with van der Waals surface area (Å²) >= 11 is 0. The summed E-state index contributed by atoms with van der Waals surface area (Å²) in [7, 11) is 0. The van der Waals surface area contributed by atoms with Crippen molar-refractivity contribution in [2.45, 2.75) is 0 Å². The Morgan fingerprint density at radius 2 is 1.86 bits per heavy atom. The number of aromatic nitrogens is 2. The highest BCUT2D eigenvalue weighted by molar-refractivity contribution is 5.56. The molecule has 0 fully saturated rings. The first-order valence-corrected chi connectivity index (χ1v) is 4.51. The van der Waals surface area contributed by atoms with Gasteiger partial charge in [-0.1, -0.05) is 35.0 Å². The molecule has 0 spiro atoms. The van der Waals surface area contributed by atoms with Crippen LogP contribution >= 0.6 is 0 Å². The number of rotatable bonds is 2. The van der Waals surface area contributed by atoms with Gasteiger partial charge in [-0.25, -0.2) is 0 Å². The van der Waals surface area contributed by atoms with Crippen LogP contribution in [-0.4, -0.2) is 5.10 Å². The van der Waals surface area contributed by atoms with E-state index in [-0.39, 0.29) is 0 Å². The van der Waals surface area contributed by atoms with Crippen molar-refractivity contribution < 1.29 is 4.68 Å². The van der Waals surface area contributed by atoms with Crippen molar-refractivity contribution >= 4 is 12.3 Å². The van der Waals surface area contributed by atoms with E-state index in [0.717, 1.165) is 0 Å². The summed E-state index contributed by atoms with van der Waals surface area (Å²) in [5, 5.41) is 4.12. The molecule has 1 aromatic heterocycles. The van der Waals surface area contributed by atoms with Gasteiger partial charge in [0.15, 0.2) is 0 Å². The topological polar surface area (TPSA) is 16.8 Å². The zero-order chi connectivity index (χ0) is 9.64. The quantitative estimate of drug-likeness (QED) is 0.651. The van der Waals surface area contributed by atoms with E-state index >= 15 is 0 Å². The number of nitrogens with zero attached hydrogens (tertiary/aromatic N) is 2. The van der Waals surface area contributed by atoms with Gasteiger partial charge in [-0.2, -0.15) is 0 Å². The standard InChI is InChI=1S/C12H11N2/c1-2-6-12(7-3-1)8-11-14-10-5-4-9-13-14/h1-11H/q+1. The molecule has 14 heavy (non-hydrogen) atoms. The number of benzene rings is 1. The third-order valence-electron chi connectivity index (χ3n) is 1.86.